The highest BCUT2D eigenvalue weighted by atomic mass is 127. The molecule has 0 spiro atoms. The average molecular weight is 491 g/mol. The van der Waals surface area contributed by atoms with E-state index < -0.39 is 0 Å². The quantitative estimate of drug-likeness (QED) is 0.334. The molecule has 5 nitrogen and oxygen atoms in total. The minimum atomic E-state index is -0.155. The summed E-state index contributed by atoms with van der Waals surface area (Å²) in [6.07, 6.45) is 3.99. The number of nitrogens with zero attached hydrogens (tertiary/aromatic N) is 3. The number of halogens is 2. The Bertz CT molecular complexity index is 573. The number of benzene rings is 1. The highest BCUT2D eigenvalue weighted by Gasteiger charge is 2.09. The third-order valence-electron chi connectivity index (χ3n) is 4.53. The number of guanidine groups is 1. The zero-order valence-corrected chi connectivity index (χ0v) is 19.3. The van der Waals surface area contributed by atoms with Crippen LogP contribution in [0.4, 0.5) is 4.39 Å². The van der Waals surface area contributed by atoms with Crippen molar-refractivity contribution in [3.05, 3.63) is 35.1 Å². The SMILES string of the molecule is CCNC(=NCc1ccc(F)c(CN(C)C)c1)NCCN1CCCCC1.I. The zero-order valence-electron chi connectivity index (χ0n) is 16.9. The molecular weight excluding hydrogens is 456 g/mol. The van der Waals surface area contributed by atoms with E-state index in [0.29, 0.717) is 18.7 Å². The first-order valence-corrected chi connectivity index (χ1v) is 9.75. The van der Waals surface area contributed by atoms with E-state index in [1.807, 2.05) is 31.1 Å². The summed E-state index contributed by atoms with van der Waals surface area (Å²) in [4.78, 5) is 9.13. The number of hydrogen-bond acceptors (Lipinski definition) is 3. The van der Waals surface area contributed by atoms with Gasteiger partial charge in [-0.05, 0) is 64.6 Å². The van der Waals surface area contributed by atoms with Gasteiger partial charge < -0.3 is 20.4 Å². The van der Waals surface area contributed by atoms with Crippen molar-refractivity contribution in [3.63, 3.8) is 0 Å². The van der Waals surface area contributed by atoms with Crippen LogP contribution in [0.25, 0.3) is 0 Å². The molecule has 1 aliphatic rings. The topological polar surface area (TPSA) is 42.9 Å². The summed E-state index contributed by atoms with van der Waals surface area (Å²) in [6.45, 7) is 8.38. The molecule has 154 valence electrons. The molecule has 0 bridgehead atoms. The average Bonchev–Trinajstić information content (AvgIpc) is 2.62. The van der Waals surface area contributed by atoms with Gasteiger partial charge in [0.25, 0.3) is 0 Å². The molecule has 1 heterocycles. The van der Waals surface area contributed by atoms with Crippen molar-refractivity contribution in [1.29, 1.82) is 0 Å². The lowest BCUT2D eigenvalue weighted by Gasteiger charge is -2.26. The Morgan fingerprint density at radius 1 is 1.19 bits per heavy atom. The minimum Gasteiger partial charge on any atom is -0.357 e. The van der Waals surface area contributed by atoms with E-state index in [1.165, 1.54) is 32.4 Å². The normalized spacial score (nSPS) is 15.5. The van der Waals surface area contributed by atoms with E-state index in [1.54, 1.807) is 6.07 Å². The van der Waals surface area contributed by atoms with Gasteiger partial charge in [0.1, 0.15) is 5.82 Å². The van der Waals surface area contributed by atoms with Gasteiger partial charge in [-0.2, -0.15) is 0 Å². The smallest absolute Gasteiger partial charge is 0.191 e. The van der Waals surface area contributed by atoms with Crippen molar-refractivity contribution in [2.45, 2.75) is 39.3 Å². The molecule has 1 fully saturated rings. The van der Waals surface area contributed by atoms with Crippen molar-refractivity contribution in [3.8, 4) is 0 Å². The summed E-state index contributed by atoms with van der Waals surface area (Å²) < 4.78 is 13.9. The molecule has 1 aromatic rings. The lowest BCUT2D eigenvalue weighted by atomic mass is 10.1. The summed E-state index contributed by atoms with van der Waals surface area (Å²) in [6, 6.07) is 5.27. The van der Waals surface area contributed by atoms with Crippen molar-refractivity contribution in [2.24, 2.45) is 4.99 Å². The summed E-state index contributed by atoms with van der Waals surface area (Å²) >= 11 is 0. The number of likely N-dealkylation sites (tertiary alicyclic amines) is 1. The van der Waals surface area contributed by atoms with Gasteiger partial charge >= 0.3 is 0 Å². The van der Waals surface area contributed by atoms with Crippen LogP contribution >= 0.6 is 24.0 Å². The monoisotopic (exact) mass is 491 g/mol. The Hall–Kier alpha value is -0.930. The van der Waals surface area contributed by atoms with Crippen LogP contribution < -0.4 is 10.6 Å². The van der Waals surface area contributed by atoms with Crippen molar-refractivity contribution < 1.29 is 4.39 Å². The summed E-state index contributed by atoms with van der Waals surface area (Å²) in [7, 11) is 3.89. The third-order valence-corrected chi connectivity index (χ3v) is 4.53. The molecular formula is C20H35FIN5. The molecule has 7 heteroatoms. The van der Waals surface area contributed by atoms with Gasteiger partial charge in [0.2, 0.25) is 0 Å². The van der Waals surface area contributed by atoms with Crippen LogP contribution in [0.15, 0.2) is 23.2 Å². The van der Waals surface area contributed by atoms with Gasteiger partial charge in [0.15, 0.2) is 5.96 Å². The van der Waals surface area contributed by atoms with Crippen LogP contribution in [0, 0.1) is 5.82 Å². The first-order valence-electron chi connectivity index (χ1n) is 9.75. The molecule has 0 saturated carbocycles. The number of aliphatic imine (C=N–C) groups is 1. The van der Waals surface area contributed by atoms with Gasteiger partial charge in [0, 0.05) is 31.7 Å². The molecule has 1 aliphatic heterocycles. The fourth-order valence-corrected chi connectivity index (χ4v) is 3.22. The van der Waals surface area contributed by atoms with Crippen molar-refractivity contribution >= 4 is 29.9 Å². The predicted molar refractivity (Wildman–Crippen MR) is 122 cm³/mol. The maximum atomic E-state index is 13.9. The van der Waals surface area contributed by atoms with Gasteiger partial charge in [-0.15, -0.1) is 24.0 Å². The lowest BCUT2D eigenvalue weighted by molar-refractivity contribution is 0.232. The van der Waals surface area contributed by atoms with E-state index in [2.05, 4.69) is 27.4 Å². The molecule has 0 amide bonds. The molecule has 2 N–H and O–H groups in total. The van der Waals surface area contributed by atoms with Crippen LogP contribution in [0.2, 0.25) is 0 Å². The number of piperidine rings is 1. The minimum absolute atomic E-state index is 0. The van der Waals surface area contributed by atoms with Crippen LogP contribution in [0.3, 0.4) is 0 Å². The molecule has 2 rings (SSSR count). The third kappa shape index (κ3) is 9.21. The van der Waals surface area contributed by atoms with Crippen molar-refractivity contribution in [1.82, 2.24) is 20.4 Å². The zero-order chi connectivity index (χ0) is 18.8. The number of hydrogen-bond donors (Lipinski definition) is 2. The molecule has 1 aromatic carbocycles. The lowest BCUT2D eigenvalue weighted by Crippen LogP contribution is -2.42. The molecule has 0 radical (unpaired) electrons. The van der Waals surface area contributed by atoms with Gasteiger partial charge in [-0.1, -0.05) is 12.5 Å². The van der Waals surface area contributed by atoms with E-state index in [0.717, 1.165) is 31.2 Å². The molecule has 0 atom stereocenters. The van der Waals surface area contributed by atoms with Crippen LogP contribution in [-0.2, 0) is 13.1 Å². The highest BCUT2D eigenvalue weighted by Crippen LogP contribution is 2.13. The Balaban J connectivity index is 0.00000364. The van der Waals surface area contributed by atoms with Gasteiger partial charge in [0.05, 0.1) is 6.54 Å². The first-order chi connectivity index (χ1) is 12.6. The number of nitrogens with one attached hydrogen (secondary N) is 2. The van der Waals surface area contributed by atoms with E-state index in [4.69, 9.17) is 0 Å². The van der Waals surface area contributed by atoms with Crippen LogP contribution in [0.1, 0.15) is 37.3 Å². The molecule has 0 aliphatic carbocycles. The largest absolute Gasteiger partial charge is 0.357 e. The second-order valence-electron chi connectivity index (χ2n) is 7.19. The van der Waals surface area contributed by atoms with Crippen LogP contribution in [0.5, 0.6) is 0 Å². The predicted octanol–water partition coefficient (Wildman–Crippen LogP) is 3.05. The fourth-order valence-electron chi connectivity index (χ4n) is 3.22. The Morgan fingerprint density at radius 2 is 1.93 bits per heavy atom. The molecule has 0 aromatic heterocycles. The Labute approximate surface area is 180 Å². The summed E-state index contributed by atoms with van der Waals surface area (Å²) in [5, 5.41) is 6.70. The molecule has 0 unspecified atom stereocenters. The highest BCUT2D eigenvalue weighted by molar-refractivity contribution is 14.0. The maximum Gasteiger partial charge on any atom is 0.191 e. The Kier molecular flexibility index (Phi) is 11.9. The first kappa shape index (κ1) is 24.1. The fraction of sp³-hybridized carbons (Fsp3) is 0.650. The van der Waals surface area contributed by atoms with Crippen LogP contribution in [-0.4, -0.2) is 62.6 Å². The summed E-state index contributed by atoms with van der Waals surface area (Å²) in [5.41, 5.74) is 1.74. The van der Waals surface area contributed by atoms with Gasteiger partial charge in [-0.3, -0.25) is 0 Å². The molecule has 1 saturated heterocycles. The Morgan fingerprint density at radius 3 is 2.59 bits per heavy atom. The second-order valence-corrected chi connectivity index (χ2v) is 7.19. The van der Waals surface area contributed by atoms with Gasteiger partial charge in [-0.25, -0.2) is 9.38 Å². The number of rotatable bonds is 8. The second kappa shape index (κ2) is 13.3. The van der Waals surface area contributed by atoms with E-state index in [-0.39, 0.29) is 29.8 Å². The van der Waals surface area contributed by atoms with E-state index >= 15 is 0 Å². The van der Waals surface area contributed by atoms with Crippen molar-refractivity contribution in [2.75, 3.05) is 46.8 Å². The van der Waals surface area contributed by atoms with E-state index in [9.17, 15) is 4.39 Å². The summed E-state index contributed by atoms with van der Waals surface area (Å²) in [5.74, 6) is 0.668. The molecule has 27 heavy (non-hydrogen) atoms. The standard InChI is InChI=1S/C20H34FN5.HI/c1-4-22-20(23-10-13-26-11-6-5-7-12-26)24-15-17-8-9-19(21)18(14-17)16-25(2)3;/h8-9,14H,4-7,10-13,15-16H2,1-3H3,(H2,22,23,24);1H. The maximum absolute atomic E-state index is 13.9.